The standard InChI is InChI=1S/C16H13ClN4O2S/c1-10-8-24-16(19-10)20-14(22)7-21-9-18-13(6-15(21)23)11-2-4-12(17)5-3-11/h2-6,8-9H,7H2,1H3,(H,19,20,22). The van der Waals surface area contributed by atoms with E-state index in [0.717, 1.165) is 11.3 Å². The normalized spacial score (nSPS) is 10.6. The van der Waals surface area contributed by atoms with E-state index in [1.165, 1.54) is 28.3 Å². The van der Waals surface area contributed by atoms with E-state index < -0.39 is 0 Å². The average Bonchev–Trinajstić information content (AvgIpc) is 2.95. The largest absolute Gasteiger partial charge is 0.300 e. The van der Waals surface area contributed by atoms with E-state index in [9.17, 15) is 9.59 Å². The van der Waals surface area contributed by atoms with Crippen molar-refractivity contribution in [2.75, 3.05) is 5.32 Å². The van der Waals surface area contributed by atoms with Gasteiger partial charge in [-0.3, -0.25) is 14.2 Å². The molecule has 0 atom stereocenters. The Kier molecular flexibility index (Phi) is 4.73. The molecule has 1 amide bonds. The van der Waals surface area contributed by atoms with Gasteiger partial charge in [-0.15, -0.1) is 11.3 Å². The molecule has 0 aliphatic rings. The van der Waals surface area contributed by atoms with E-state index in [2.05, 4.69) is 15.3 Å². The summed E-state index contributed by atoms with van der Waals surface area (Å²) in [7, 11) is 0. The van der Waals surface area contributed by atoms with Gasteiger partial charge in [-0.05, 0) is 19.1 Å². The molecule has 122 valence electrons. The molecule has 3 aromatic rings. The van der Waals surface area contributed by atoms with Crippen LogP contribution in [0.5, 0.6) is 0 Å². The molecule has 0 aliphatic heterocycles. The summed E-state index contributed by atoms with van der Waals surface area (Å²) in [5, 5.41) is 5.62. The van der Waals surface area contributed by atoms with Gasteiger partial charge in [-0.25, -0.2) is 9.97 Å². The highest BCUT2D eigenvalue weighted by Gasteiger charge is 2.09. The number of carbonyl (C=O) groups excluding carboxylic acids is 1. The van der Waals surface area contributed by atoms with Gasteiger partial charge in [0.25, 0.3) is 5.56 Å². The summed E-state index contributed by atoms with van der Waals surface area (Å²) in [6.45, 7) is 1.72. The molecule has 0 saturated carbocycles. The zero-order valence-electron chi connectivity index (χ0n) is 12.7. The molecule has 24 heavy (non-hydrogen) atoms. The number of hydrogen-bond acceptors (Lipinski definition) is 5. The van der Waals surface area contributed by atoms with E-state index in [1.807, 2.05) is 12.3 Å². The van der Waals surface area contributed by atoms with Crippen LogP contribution in [0.3, 0.4) is 0 Å². The molecule has 0 spiro atoms. The molecule has 3 rings (SSSR count). The first-order chi connectivity index (χ1) is 11.5. The Morgan fingerprint density at radius 1 is 1.33 bits per heavy atom. The van der Waals surface area contributed by atoms with Crippen molar-refractivity contribution in [3.63, 3.8) is 0 Å². The van der Waals surface area contributed by atoms with Crippen LogP contribution < -0.4 is 10.9 Å². The molecule has 8 heteroatoms. The summed E-state index contributed by atoms with van der Waals surface area (Å²) in [6, 6.07) is 8.42. The Balaban J connectivity index is 1.74. The molecule has 0 radical (unpaired) electrons. The van der Waals surface area contributed by atoms with Crippen LogP contribution in [0.1, 0.15) is 5.69 Å². The minimum atomic E-state index is -0.326. The predicted molar refractivity (Wildman–Crippen MR) is 94.4 cm³/mol. The second kappa shape index (κ2) is 6.94. The molecule has 2 heterocycles. The lowest BCUT2D eigenvalue weighted by atomic mass is 10.1. The predicted octanol–water partition coefficient (Wildman–Crippen LogP) is 2.97. The summed E-state index contributed by atoms with van der Waals surface area (Å²) in [5.41, 5.74) is 1.84. The number of amides is 1. The zero-order valence-corrected chi connectivity index (χ0v) is 14.3. The van der Waals surface area contributed by atoms with Gasteiger partial charge in [0, 0.05) is 22.0 Å². The number of halogens is 1. The first kappa shape index (κ1) is 16.4. The van der Waals surface area contributed by atoms with Crippen molar-refractivity contribution in [3.05, 3.63) is 63.1 Å². The molecule has 0 unspecified atom stereocenters. The first-order valence-corrected chi connectivity index (χ1v) is 8.31. The number of thiazole rings is 1. The highest BCUT2D eigenvalue weighted by atomic mass is 35.5. The Hall–Kier alpha value is -2.51. The van der Waals surface area contributed by atoms with Gasteiger partial charge in [0.1, 0.15) is 6.54 Å². The number of anilines is 1. The van der Waals surface area contributed by atoms with E-state index in [-0.39, 0.29) is 18.0 Å². The SMILES string of the molecule is Cc1csc(NC(=O)Cn2cnc(-c3ccc(Cl)cc3)cc2=O)n1. The Labute approximate surface area is 146 Å². The molecule has 0 fully saturated rings. The van der Waals surface area contributed by atoms with Crippen molar-refractivity contribution >= 4 is 34.0 Å². The number of carbonyl (C=O) groups is 1. The zero-order chi connectivity index (χ0) is 17.1. The third-order valence-electron chi connectivity index (χ3n) is 3.20. The van der Waals surface area contributed by atoms with Crippen LogP contribution in [-0.4, -0.2) is 20.4 Å². The highest BCUT2D eigenvalue weighted by molar-refractivity contribution is 7.13. The Morgan fingerprint density at radius 3 is 2.71 bits per heavy atom. The molecule has 6 nitrogen and oxygen atoms in total. The summed E-state index contributed by atoms with van der Waals surface area (Å²) >= 11 is 7.18. The summed E-state index contributed by atoms with van der Waals surface area (Å²) in [4.78, 5) is 32.5. The number of nitrogens with zero attached hydrogens (tertiary/aromatic N) is 3. The Morgan fingerprint density at radius 2 is 2.08 bits per heavy atom. The molecule has 0 saturated heterocycles. The van der Waals surface area contributed by atoms with Gasteiger partial charge in [0.15, 0.2) is 5.13 Å². The average molecular weight is 361 g/mol. The third-order valence-corrected chi connectivity index (χ3v) is 4.33. The van der Waals surface area contributed by atoms with Gasteiger partial charge in [0.2, 0.25) is 5.91 Å². The second-order valence-electron chi connectivity index (χ2n) is 5.09. The smallest absolute Gasteiger partial charge is 0.254 e. The number of benzene rings is 1. The number of rotatable bonds is 4. The van der Waals surface area contributed by atoms with Crippen molar-refractivity contribution < 1.29 is 4.79 Å². The van der Waals surface area contributed by atoms with Crippen molar-refractivity contribution in [2.45, 2.75) is 13.5 Å². The number of aryl methyl sites for hydroxylation is 1. The molecule has 0 bridgehead atoms. The summed E-state index contributed by atoms with van der Waals surface area (Å²) in [6.07, 6.45) is 1.36. The van der Waals surface area contributed by atoms with Gasteiger partial charge < -0.3 is 5.32 Å². The van der Waals surface area contributed by atoms with Crippen molar-refractivity contribution in [2.24, 2.45) is 0 Å². The van der Waals surface area contributed by atoms with E-state index in [1.54, 1.807) is 24.3 Å². The van der Waals surface area contributed by atoms with Crippen molar-refractivity contribution in [3.8, 4) is 11.3 Å². The summed E-state index contributed by atoms with van der Waals surface area (Å²) in [5.74, 6) is -0.326. The lowest BCUT2D eigenvalue weighted by Crippen LogP contribution is -2.27. The maximum Gasteiger partial charge on any atom is 0.254 e. The second-order valence-corrected chi connectivity index (χ2v) is 6.38. The summed E-state index contributed by atoms with van der Waals surface area (Å²) < 4.78 is 1.25. The number of hydrogen-bond donors (Lipinski definition) is 1. The van der Waals surface area contributed by atoms with Crippen LogP contribution in [0.25, 0.3) is 11.3 Å². The van der Waals surface area contributed by atoms with Gasteiger partial charge in [-0.1, -0.05) is 23.7 Å². The fourth-order valence-electron chi connectivity index (χ4n) is 2.05. The molecular weight excluding hydrogens is 348 g/mol. The molecule has 0 aliphatic carbocycles. The van der Waals surface area contributed by atoms with Crippen LogP contribution in [0, 0.1) is 6.92 Å². The quantitative estimate of drug-likeness (QED) is 0.776. The monoisotopic (exact) mass is 360 g/mol. The minimum absolute atomic E-state index is 0.120. The number of aromatic nitrogens is 3. The topological polar surface area (TPSA) is 76.9 Å². The van der Waals surface area contributed by atoms with E-state index >= 15 is 0 Å². The van der Waals surface area contributed by atoms with Crippen molar-refractivity contribution in [1.29, 1.82) is 0 Å². The van der Waals surface area contributed by atoms with Crippen molar-refractivity contribution in [1.82, 2.24) is 14.5 Å². The molecular formula is C16H13ClN4O2S. The fraction of sp³-hybridized carbons (Fsp3) is 0.125. The van der Waals surface area contributed by atoms with Crippen LogP contribution in [0.2, 0.25) is 5.02 Å². The maximum atomic E-state index is 12.2. The molecule has 2 aromatic heterocycles. The minimum Gasteiger partial charge on any atom is -0.300 e. The van der Waals surface area contributed by atoms with E-state index in [4.69, 9.17) is 11.6 Å². The Bertz CT molecular complexity index is 934. The first-order valence-electron chi connectivity index (χ1n) is 7.06. The van der Waals surface area contributed by atoms with Crippen LogP contribution >= 0.6 is 22.9 Å². The fourth-order valence-corrected chi connectivity index (χ4v) is 2.88. The maximum absolute atomic E-state index is 12.2. The number of nitrogens with one attached hydrogen (secondary N) is 1. The molecule has 1 N–H and O–H groups in total. The highest BCUT2D eigenvalue weighted by Crippen LogP contribution is 2.18. The van der Waals surface area contributed by atoms with Gasteiger partial charge in [-0.2, -0.15) is 0 Å². The van der Waals surface area contributed by atoms with Crippen LogP contribution in [0.4, 0.5) is 5.13 Å². The van der Waals surface area contributed by atoms with Crippen LogP contribution in [0.15, 0.2) is 46.8 Å². The lowest BCUT2D eigenvalue weighted by Gasteiger charge is -2.06. The van der Waals surface area contributed by atoms with Gasteiger partial charge in [0.05, 0.1) is 17.7 Å². The van der Waals surface area contributed by atoms with Gasteiger partial charge >= 0.3 is 0 Å². The van der Waals surface area contributed by atoms with Crippen LogP contribution in [-0.2, 0) is 11.3 Å². The lowest BCUT2D eigenvalue weighted by molar-refractivity contribution is -0.116. The van der Waals surface area contributed by atoms with E-state index in [0.29, 0.717) is 15.8 Å². The third kappa shape index (κ3) is 3.87. The molecule has 1 aromatic carbocycles.